The van der Waals surface area contributed by atoms with Crippen molar-refractivity contribution in [1.29, 1.82) is 0 Å². The van der Waals surface area contributed by atoms with Gasteiger partial charge in [0.15, 0.2) is 0 Å². The molecule has 3 unspecified atom stereocenters. The molecule has 2 bridgehead atoms. The van der Waals surface area contributed by atoms with Crippen molar-refractivity contribution in [2.75, 3.05) is 0 Å². The van der Waals surface area contributed by atoms with Gasteiger partial charge in [-0.3, -0.25) is 9.48 Å². The monoisotopic (exact) mass is 235 g/mol. The van der Waals surface area contributed by atoms with E-state index >= 15 is 0 Å². The number of hydrogen-bond donors (Lipinski definition) is 1. The van der Waals surface area contributed by atoms with E-state index in [4.69, 9.17) is 0 Å². The Kier molecular flexibility index (Phi) is 2.24. The summed E-state index contributed by atoms with van der Waals surface area (Å²) in [6, 6.07) is 0. The van der Waals surface area contributed by atoms with Crippen LogP contribution in [0.5, 0.6) is 0 Å². The predicted molar refractivity (Wildman–Crippen MR) is 60.2 cm³/mol. The highest BCUT2D eigenvalue weighted by atomic mass is 16.4. The third-order valence-electron chi connectivity index (χ3n) is 4.68. The van der Waals surface area contributed by atoms with Gasteiger partial charge in [0, 0.05) is 13.5 Å². The molecule has 1 aromatic heterocycles. The Morgan fingerprint density at radius 1 is 1.65 bits per heavy atom. The van der Waals surface area contributed by atoms with Gasteiger partial charge in [0.1, 0.15) is 12.2 Å². The van der Waals surface area contributed by atoms with E-state index in [-0.39, 0.29) is 0 Å². The van der Waals surface area contributed by atoms with E-state index in [1.807, 2.05) is 7.05 Å². The topological polar surface area (TPSA) is 68.0 Å². The molecule has 0 amide bonds. The van der Waals surface area contributed by atoms with Crippen LogP contribution in [0.1, 0.15) is 31.5 Å². The highest BCUT2D eigenvalue weighted by Crippen LogP contribution is 2.57. The Bertz CT molecular complexity index is 456. The maximum Gasteiger partial charge on any atom is 0.310 e. The van der Waals surface area contributed by atoms with Gasteiger partial charge in [-0.15, -0.1) is 0 Å². The van der Waals surface area contributed by atoms with E-state index in [1.54, 1.807) is 4.68 Å². The largest absolute Gasteiger partial charge is 0.481 e. The lowest BCUT2D eigenvalue weighted by molar-refractivity contribution is -0.152. The molecular formula is C12H17N3O2. The molecule has 1 N–H and O–H groups in total. The van der Waals surface area contributed by atoms with Gasteiger partial charge < -0.3 is 5.11 Å². The summed E-state index contributed by atoms with van der Waals surface area (Å²) in [4.78, 5) is 15.9. The zero-order valence-corrected chi connectivity index (χ0v) is 9.96. The first kappa shape index (κ1) is 10.7. The number of hydrogen-bond acceptors (Lipinski definition) is 3. The molecule has 5 heteroatoms. The number of rotatable bonds is 3. The van der Waals surface area contributed by atoms with Crippen molar-refractivity contribution in [2.24, 2.45) is 24.3 Å². The number of nitrogens with zero attached hydrogens (tertiary/aromatic N) is 3. The van der Waals surface area contributed by atoms with Gasteiger partial charge in [0.2, 0.25) is 0 Å². The fraction of sp³-hybridized carbons (Fsp3) is 0.750. The molecule has 2 saturated carbocycles. The third-order valence-corrected chi connectivity index (χ3v) is 4.68. The molecule has 0 spiro atoms. The van der Waals surface area contributed by atoms with Crippen molar-refractivity contribution >= 4 is 5.97 Å². The van der Waals surface area contributed by atoms with Gasteiger partial charge in [-0.05, 0) is 31.1 Å². The maximum absolute atomic E-state index is 11.7. The van der Waals surface area contributed by atoms with Crippen LogP contribution in [-0.4, -0.2) is 25.8 Å². The Hall–Kier alpha value is -1.39. The molecule has 0 radical (unpaired) electrons. The number of carboxylic acids is 1. The molecule has 0 saturated heterocycles. The predicted octanol–water partition coefficient (Wildman–Crippen LogP) is 1.25. The molecule has 0 aromatic carbocycles. The van der Waals surface area contributed by atoms with E-state index in [0.29, 0.717) is 18.3 Å². The summed E-state index contributed by atoms with van der Waals surface area (Å²) in [6.07, 6.45) is 6.20. The second kappa shape index (κ2) is 3.55. The fourth-order valence-electron chi connectivity index (χ4n) is 3.76. The summed E-state index contributed by atoms with van der Waals surface area (Å²) in [5.74, 6) is 1.10. The summed E-state index contributed by atoms with van der Waals surface area (Å²) in [5, 5.41) is 13.6. The summed E-state index contributed by atoms with van der Waals surface area (Å²) in [5.41, 5.74) is -0.580. The van der Waals surface area contributed by atoms with Gasteiger partial charge in [0.05, 0.1) is 5.41 Å². The average Bonchev–Trinajstić information content (AvgIpc) is 2.96. The number of aryl methyl sites for hydroxylation is 1. The molecular weight excluding hydrogens is 218 g/mol. The number of aromatic nitrogens is 3. The highest BCUT2D eigenvalue weighted by Gasteiger charge is 2.56. The van der Waals surface area contributed by atoms with Crippen LogP contribution in [-0.2, 0) is 18.3 Å². The number of carboxylic acid groups (broad SMARTS) is 1. The molecule has 2 aliphatic carbocycles. The molecule has 3 atom stereocenters. The quantitative estimate of drug-likeness (QED) is 0.856. The van der Waals surface area contributed by atoms with Gasteiger partial charge in [-0.1, -0.05) is 6.42 Å². The number of carbonyl (C=O) groups is 1. The number of aliphatic carboxylic acids is 1. The zero-order chi connectivity index (χ0) is 12.0. The van der Waals surface area contributed by atoms with Gasteiger partial charge >= 0.3 is 5.97 Å². The zero-order valence-electron chi connectivity index (χ0n) is 9.96. The first-order valence-electron chi connectivity index (χ1n) is 6.18. The minimum atomic E-state index is -0.646. The third kappa shape index (κ3) is 1.48. The van der Waals surface area contributed by atoms with E-state index in [1.165, 1.54) is 12.7 Å². The molecule has 1 aromatic rings. The molecule has 3 rings (SSSR count). The van der Waals surface area contributed by atoms with Gasteiger partial charge in [-0.2, -0.15) is 5.10 Å². The van der Waals surface area contributed by atoms with Crippen LogP contribution in [0.15, 0.2) is 6.33 Å². The van der Waals surface area contributed by atoms with Crippen molar-refractivity contribution in [2.45, 2.75) is 32.1 Å². The van der Waals surface area contributed by atoms with E-state index in [9.17, 15) is 9.90 Å². The smallest absolute Gasteiger partial charge is 0.310 e. The van der Waals surface area contributed by atoms with E-state index in [0.717, 1.165) is 25.1 Å². The standard InChI is InChI=1S/C12H17N3O2/c1-15-10(13-7-14-15)6-12(11(16)17)5-8-2-3-9(12)4-8/h7-9H,2-6H2,1H3,(H,16,17). The van der Waals surface area contributed by atoms with E-state index < -0.39 is 11.4 Å². The van der Waals surface area contributed by atoms with Crippen molar-refractivity contribution in [3.8, 4) is 0 Å². The van der Waals surface area contributed by atoms with Crippen LogP contribution in [0.25, 0.3) is 0 Å². The Morgan fingerprint density at radius 2 is 2.47 bits per heavy atom. The summed E-state index contributed by atoms with van der Waals surface area (Å²) in [6.45, 7) is 0. The van der Waals surface area contributed by atoms with Crippen LogP contribution in [0, 0.1) is 17.3 Å². The first-order chi connectivity index (χ1) is 8.12. The van der Waals surface area contributed by atoms with E-state index in [2.05, 4.69) is 10.1 Å². The second-order valence-corrected chi connectivity index (χ2v) is 5.52. The maximum atomic E-state index is 11.7. The summed E-state index contributed by atoms with van der Waals surface area (Å²) in [7, 11) is 1.82. The lowest BCUT2D eigenvalue weighted by atomic mass is 9.70. The highest BCUT2D eigenvalue weighted by molar-refractivity contribution is 5.76. The lowest BCUT2D eigenvalue weighted by Gasteiger charge is -2.33. The fourth-order valence-corrected chi connectivity index (χ4v) is 3.76. The minimum Gasteiger partial charge on any atom is -0.481 e. The Labute approximate surface area is 99.9 Å². The second-order valence-electron chi connectivity index (χ2n) is 5.52. The molecule has 2 fully saturated rings. The normalized spacial score (nSPS) is 35.4. The minimum absolute atomic E-state index is 0.335. The van der Waals surface area contributed by atoms with Crippen LogP contribution < -0.4 is 0 Å². The van der Waals surface area contributed by atoms with Crippen molar-refractivity contribution < 1.29 is 9.90 Å². The number of fused-ring (bicyclic) bond motifs is 2. The molecule has 1 heterocycles. The van der Waals surface area contributed by atoms with Crippen LogP contribution in [0.3, 0.4) is 0 Å². The Morgan fingerprint density at radius 3 is 2.94 bits per heavy atom. The van der Waals surface area contributed by atoms with Crippen molar-refractivity contribution in [3.63, 3.8) is 0 Å². The molecule has 5 nitrogen and oxygen atoms in total. The summed E-state index contributed by atoms with van der Waals surface area (Å²) < 4.78 is 1.69. The molecule has 92 valence electrons. The SMILES string of the molecule is Cn1ncnc1CC1(C(=O)O)CC2CCC1C2. The van der Waals surface area contributed by atoms with Gasteiger partial charge in [-0.25, -0.2) is 4.98 Å². The molecule has 17 heavy (non-hydrogen) atoms. The van der Waals surface area contributed by atoms with Crippen LogP contribution in [0.2, 0.25) is 0 Å². The molecule has 0 aliphatic heterocycles. The molecule has 2 aliphatic rings. The van der Waals surface area contributed by atoms with Crippen LogP contribution >= 0.6 is 0 Å². The Balaban J connectivity index is 1.92. The average molecular weight is 235 g/mol. The lowest BCUT2D eigenvalue weighted by Crippen LogP contribution is -2.39. The summed E-state index contributed by atoms with van der Waals surface area (Å²) >= 11 is 0. The first-order valence-corrected chi connectivity index (χ1v) is 6.18. The van der Waals surface area contributed by atoms with Crippen LogP contribution in [0.4, 0.5) is 0 Å². The van der Waals surface area contributed by atoms with Gasteiger partial charge in [0.25, 0.3) is 0 Å². The van der Waals surface area contributed by atoms with Crippen molar-refractivity contribution in [1.82, 2.24) is 14.8 Å². The van der Waals surface area contributed by atoms with Crippen molar-refractivity contribution in [3.05, 3.63) is 12.2 Å².